The number of thiophene rings is 1. The van der Waals surface area contributed by atoms with Gasteiger partial charge < -0.3 is 15.7 Å². The average molecular weight is 503 g/mol. The van der Waals surface area contributed by atoms with Gasteiger partial charge in [0.2, 0.25) is 0 Å². The summed E-state index contributed by atoms with van der Waals surface area (Å²) in [7, 11) is 0. The van der Waals surface area contributed by atoms with E-state index in [2.05, 4.69) is 18.2 Å². The topological polar surface area (TPSA) is 83.6 Å². The number of benzene rings is 2. The molecular formula is C30H34N2O3S. The lowest BCUT2D eigenvalue weighted by Gasteiger charge is -2.36. The summed E-state index contributed by atoms with van der Waals surface area (Å²) in [6.45, 7) is 1.43. The molecule has 0 spiro atoms. The molecule has 1 aliphatic heterocycles. The van der Waals surface area contributed by atoms with Gasteiger partial charge in [-0.2, -0.15) is 0 Å². The quantitative estimate of drug-likeness (QED) is 0.330. The number of ketones is 1. The average Bonchev–Trinajstić information content (AvgIpc) is 3.59. The number of hydrogen-bond donors (Lipinski definition) is 2. The number of Topliss-reactive ketones (excluding diaryl/α,β-unsaturated/α-hetero) is 1. The molecule has 2 aromatic carbocycles. The Morgan fingerprint density at radius 1 is 1.03 bits per heavy atom. The number of nitrogens with two attached hydrogens (primary N) is 1. The number of anilines is 1. The first-order valence-electron chi connectivity index (χ1n) is 13.0. The molecule has 1 aliphatic carbocycles. The van der Waals surface area contributed by atoms with Gasteiger partial charge in [-0.05, 0) is 91.1 Å². The monoisotopic (exact) mass is 502 g/mol. The van der Waals surface area contributed by atoms with Gasteiger partial charge in [0.1, 0.15) is 5.60 Å². The van der Waals surface area contributed by atoms with E-state index in [0.717, 1.165) is 48.1 Å². The Bertz CT molecular complexity index is 1210. The largest absolute Gasteiger partial charge is 0.398 e. The van der Waals surface area contributed by atoms with Crippen LogP contribution in [0.25, 0.3) is 10.4 Å². The highest BCUT2D eigenvalue weighted by atomic mass is 32.1. The molecule has 188 valence electrons. The van der Waals surface area contributed by atoms with Crippen LogP contribution >= 0.6 is 11.3 Å². The molecule has 6 heteroatoms. The van der Waals surface area contributed by atoms with Crippen LogP contribution in [0.4, 0.5) is 5.69 Å². The molecule has 1 amide bonds. The van der Waals surface area contributed by atoms with E-state index in [1.54, 1.807) is 11.3 Å². The number of carbonyl (C=O) groups is 2. The van der Waals surface area contributed by atoms with Gasteiger partial charge in [-0.15, -0.1) is 11.3 Å². The predicted molar refractivity (Wildman–Crippen MR) is 145 cm³/mol. The van der Waals surface area contributed by atoms with Gasteiger partial charge >= 0.3 is 0 Å². The standard InChI is InChI=1S/C30H34N2O3S/c31-26-10-9-24(28-4-3-17-36-28)19-25(26)20-27(33)23-7-5-21(6-8-23)18-22-11-15-32(16-12-22)29(34)30(35)13-1-2-14-30/h3-10,17,19,22,35H,1-2,11-16,18,20,31H2. The van der Waals surface area contributed by atoms with Crippen LogP contribution in [-0.2, 0) is 17.6 Å². The van der Waals surface area contributed by atoms with Crippen LogP contribution in [0.2, 0.25) is 0 Å². The van der Waals surface area contributed by atoms with E-state index in [0.29, 0.717) is 43.1 Å². The lowest BCUT2D eigenvalue weighted by atomic mass is 9.88. The van der Waals surface area contributed by atoms with E-state index >= 15 is 0 Å². The van der Waals surface area contributed by atoms with Crippen molar-refractivity contribution in [3.05, 3.63) is 76.7 Å². The van der Waals surface area contributed by atoms with Gasteiger partial charge in [0.05, 0.1) is 0 Å². The van der Waals surface area contributed by atoms with E-state index in [1.807, 2.05) is 46.7 Å². The number of piperidine rings is 1. The molecule has 3 aromatic rings. The molecular weight excluding hydrogens is 468 g/mol. The zero-order valence-electron chi connectivity index (χ0n) is 20.6. The summed E-state index contributed by atoms with van der Waals surface area (Å²) in [4.78, 5) is 28.8. The van der Waals surface area contributed by atoms with Gasteiger partial charge in [0, 0.05) is 35.6 Å². The zero-order chi connectivity index (χ0) is 25.1. The Morgan fingerprint density at radius 3 is 2.42 bits per heavy atom. The van der Waals surface area contributed by atoms with Gasteiger partial charge in [0.25, 0.3) is 5.91 Å². The first-order chi connectivity index (χ1) is 17.4. The Kier molecular flexibility index (Phi) is 7.26. The molecule has 2 heterocycles. The number of amides is 1. The minimum atomic E-state index is -1.12. The maximum Gasteiger partial charge on any atom is 0.254 e. The van der Waals surface area contributed by atoms with Gasteiger partial charge in [-0.1, -0.05) is 36.4 Å². The van der Waals surface area contributed by atoms with E-state index in [4.69, 9.17) is 5.73 Å². The van der Waals surface area contributed by atoms with Gasteiger partial charge in [-0.25, -0.2) is 0 Å². The second-order valence-electron chi connectivity index (χ2n) is 10.4. The number of likely N-dealkylation sites (tertiary alicyclic amines) is 1. The van der Waals surface area contributed by atoms with Crippen LogP contribution in [0.1, 0.15) is 60.0 Å². The highest BCUT2D eigenvalue weighted by Gasteiger charge is 2.42. The van der Waals surface area contributed by atoms with Crippen molar-refractivity contribution in [1.82, 2.24) is 4.90 Å². The second kappa shape index (κ2) is 10.6. The maximum absolute atomic E-state index is 13.0. The molecule has 1 aromatic heterocycles. The number of rotatable bonds is 7. The second-order valence-corrected chi connectivity index (χ2v) is 11.3. The van der Waals surface area contributed by atoms with Crippen LogP contribution in [-0.4, -0.2) is 40.4 Å². The molecule has 0 radical (unpaired) electrons. The van der Waals surface area contributed by atoms with Gasteiger partial charge in [0.15, 0.2) is 5.78 Å². The van der Waals surface area contributed by atoms with Crippen molar-refractivity contribution in [2.75, 3.05) is 18.8 Å². The Labute approximate surface area is 217 Å². The van der Waals surface area contributed by atoms with E-state index in [9.17, 15) is 14.7 Å². The molecule has 1 saturated carbocycles. The van der Waals surface area contributed by atoms with Crippen LogP contribution in [0.5, 0.6) is 0 Å². The number of carbonyl (C=O) groups excluding carboxylic acids is 2. The Balaban J connectivity index is 1.15. The third kappa shape index (κ3) is 5.40. The smallest absolute Gasteiger partial charge is 0.254 e. The number of aliphatic hydroxyl groups is 1. The molecule has 2 aliphatic rings. The van der Waals surface area contributed by atoms with Crippen molar-refractivity contribution in [2.24, 2.45) is 5.92 Å². The number of nitrogens with zero attached hydrogens (tertiary/aromatic N) is 1. The van der Waals surface area contributed by atoms with Crippen molar-refractivity contribution in [3.8, 4) is 10.4 Å². The number of hydrogen-bond acceptors (Lipinski definition) is 5. The zero-order valence-corrected chi connectivity index (χ0v) is 21.4. The van der Waals surface area contributed by atoms with Gasteiger partial charge in [-0.3, -0.25) is 9.59 Å². The highest BCUT2D eigenvalue weighted by molar-refractivity contribution is 7.13. The Hall–Kier alpha value is -2.96. The summed E-state index contributed by atoms with van der Waals surface area (Å²) in [6.07, 6.45) is 6.19. The highest BCUT2D eigenvalue weighted by Crippen LogP contribution is 2.33. The molecule has 1 saturated heterocycles. The fourth-order valence-corrected chi connectivity index (χ4v) is 6.32. The lowest BCUT2D eigenvalue weighted by molar-refractivity contribution is -0.152. The summed E-state index contributed by atoms with van der Waals surface area (Å²) < 4.78 is 0. The third-order valence-corrected chi connectivity index (χ3v) is 8.75. The minimum Gasteiger partial charge on any atom is -0.398 e. The third-order valence-electron chi connectivity index (χ3n) is 7.83. The molecule has 2 fully saturated rings. The summed E-state index contributed by atoms with van der Waals surface area (Å²) >= 11 is 1.67. The predicted octanol–water partition coefficient (Wildman–Crippen LogP) is 5.51. The van der Waals surface area contributed by atoms with Crippen LogP contribution in [0.3, 0.4) is 0 Å². The van der Waals surface area contributed by atoms with E-state index in [1.165, 1.54) is 5.56 Å². The summed E-state index contributed by atoms with van der Waals surface area (Å²) in [6, 6.07) is 17.9. The molecule has 0 bridgehead atoms. The normalized spacial score (nSPS) is 17.9. The minimum absolute atomic E-state index is 0.0632. The maximum atomic E-state index is 13.0. The molecule has 0 atom stereocenters. The Morgan fingerprint density at radius 2 is 1.75 bits per heavy atom. The molecule has 5 nitrogen and oxygen atoms in total. The molecule has 36 heavy (non-hydrogen) atoms. The van der Waals surface area contributed by atoms with Crippen LogP contribution < -0.4 is 5.73 Å². The van der Waals surface area contributed by atoms with E-state index < -0.39 is 5.60 Å². The first-order valence-corrected chi connectivity index (χ1v) is 13.9. The van der Waals surface area contributed by atoms with Crippen molar-refractivity contribution in [3.63, 3.8) is 0 Å². The molecule has 0 unspecified atom stereocenters. The fourth-order valence-electron chi connectivity index (χ4n) is 5.60. The first kappa shape index (κ1) is 24.7. The van der Waals surface area contributed by atoms with Crippen LogP contribution in [0, 0.1) is 5.92 Å². The van der Waals surface area contributed by atoms with Crippen molar-refractivity contribution in [2.45, 2.75) is 57.0 Å². The van der Waals surface area contributed by atoms with Crippen LogP contribution in [0.15, 0.2) is 60.0 Å². The lowest BCUT2D eigenvalue weighted by Crippen LogP contribution is -2.50. The summed E-state index contributed by atoms with van der Waals surface area (Å²) in [5.74, 6) is 0.504. The molecule has 3 N–H and O–H groups in total. The van der Waals surface area contributed by atoms with Crippen molar-refractivity contribution < 1.29 is 14.7 Å². The van der Waals surface area contributed by atoms with Crippen molar-refractivity contribution in [1.29, 1.82) is 0 Å². The molecule has 5 rings (SSSR count). The summed E-state index contributed by atoms with van der Waals surface area (Å²) in [5.41, 5.74) is 9.56. The summed E-state index contributed by atoms with van der Waals surface area (Å²) in [5, 5.41) is 12.7. The van der Waals surface area contributed by atoms with E-state index in [-0.39, 0.29) is 18.1 Å². The van der Waals surface area contributed by atoms with Crippen molar-refractivity contribution >= 4 is 28.7 Å². The SMILES string of the molecule is Nc1ccc(-c2cccs2)cc1CC(=O)c1ccc(CC2CCN(C(=O)C3(O)CCCC3)CC2)cc1. The number of nitrogen functional groups attached to an aromatic ring is 1. The fraction of sp³-hybridized carbons (Fsp3) is 0.400.